The molecule has 24 heavy (non-hydrogen) atoms. The van der Waals surface area contributed by atoms with Crippen molar-refractivity contribution in [3.8, 4) is 0 Å². The van der Waals surface area contributed by atoms with Crippen LogP contribution >= 0.6 is 11.8 Å². The number of hydrogen-bond donors (Lipinski definition) is 2. The second kappa shape index (κ2) is 5.97. The lowest BCUT2D eigenvalue weighted by molar-refractivity contribution is -0.137. The van der Waals surface area contributed by atoms with Gasteiger partial charge in [0.25, 0.3) is 5.56 Å². The van der Waals surface area contributed by atoms with E-state index in [2.05, 4.69) is 15.3 Å². The SMILES string of the molecule is CSc1nc2c(c(=O)[nH]1)[C@H](c1ccc(C(F)(F)F)cc1)CC(=O)N2. The number of carbonyl (C=O) groups is 1. The van der Waals surface area contributed by atoms with Crippen molar-refractivity contribution in [1.82, 2.24) is 9.97 Å². The van der Waals surface area contributed by atoms with Crippen molar-refractivity contribution in [3.05, 3.63) is 51.3 Å². The first-order valence-corrected chi connectivity index (χ1v) is 8.17. The van der Waals surface area contributed by atoms with Crippen molar-refractivity contribution in [3.63, 3.8) is 0 Å². The van der Waals surface area contributed by atoms with Gasteiger partial charge in [0.15, 0.2) is 5.16 Å². The van der Waals surface area contributed by atoms with Crippen LogP contribution in [0.3, 0.4) is 0 Å². The fraction of sp³-hybridized carbons (Fsp3) is 0.267. The highest BCUT2D eigenvalue weighted by Gasteiger charge is 2.33. The van der Waals surface area contributed by atoms with E-state index in [4.69, 9.17) is 0 Å². The number of amides is 1. The van der Waals surface area contributed by atoms with Gasteiger partial charge in [-0.3, -0.25) is 9.59 Å². The normalized spacial score (nSPS) is 17.3. The molecule has 1 atom stereocenters. The molecule has 1 amide bonds. The molecule has 0 saturated heterocycles. The summed E-state index contributed by atoms with van der Waals surface area (Å²) < 4.78 is 38.0. The average Bonchev–Trinajstić information content (AvgIpc) is 2.52. The van der Waals surface area contributed by atoms with Gasteiger partial charge in [-0.05, 0) is 24.0 Å². The lowest BCUT2D eigenvalue weighted by Gasteiger charge is -2.24. The smallest absolute Gasteiger partial charge is 0.310 e. The van der Waals surface area contributed by atoms with Crippen LogP contribution < -0.4 is 10.9 Å². The Kier molecular flexibility index (Phi) is 4.12. The molecule has 0 bridgehead atoms. The summed E-state index contributed by atoms with van der Waals surface area (Å²) in [4.78, 5) is 31.0. The van der Waals surface area contributed by atoms with Crippen molar-refractivity contribution in [2.75, 3.05) is 11.6 Å². The molecule has 1 aliphatic rings. The van der Waals surface area contributed by atoms with Gasteiger partial charge in [0.2, 0.25) is 5.91 Å². The van der Waals surface area contributed by atoms with Gasteiger partial charge in [0.05, 0.1) is 11.1 Å². The number of rotatable bonds is 2. The van der Waals surface area contributed by atoms with E-state index in [0.29, 0.717) is 10.7 Å². The maximum absolute atomic E-state index is 12.7. The summed E-state index contributed by atoms with van der Waals surface area (Å²) in [6.45, 7) is 0. The molecule has 1 aromatic carbocycles. The predicted octanol–water partition coefficient (Wildman–Crippen LogP) is 2.98. The molecule has 0 fully saturated rings. The number of nitrogens with zero attached hydrogens (tertiary/aromatic N) is 1. The molecule has 0 saturated carbocycles. The van der Waals surface area contributed by atoms with E-state index in [1.54, 1.807) is 6.26 Å². The Balaban J connectivity index is 2.07. The molecule has 1 aliphatic heterocycles. The minimum Gasteiger partial charge on any atom is -0.310 e. The molecular formula is C15H12F3N3O2S. The molecule has 5 nitrogen and oxygen atoms in total. The molecule has 0 spiro atoms. The Morgan fingerprint density at radius 1 is 1.21 bits per heavy atom. The third-order valence-corrected chi connectivity index (χ3v) is 4.34. The highest BCUT2D eigenvalue weighted by molar-refractivity contribution is 7.98. The number of carbonyl (C=O) groups excluding carboxylic acids is 1. The maximum atomic E-state index is 12.7. The van der Waals surface area contributed by atoms with Gasteiger partial charge >= 0.3 is 6.18 Å². The quantitative estimate of drug-likeness (QED) is 0.642. The molecule has 126 valence electrons. The van der Waals surface area contributed by atoms with E-state index < -0.39 is 23.2 Å². The van der Waals surface area contributed by atoms with Crippen LogP contribution in [-0.2, 0) is 11.0 Å². The zero-order valence-electron chi connectivity index (χ0n) is 12.4. The summed E-state index contributed by atoms with van der Waals surface area (Å²) in [5, 5.41) is 2.90. The van der Waals surface area contributed by atoms with Crippen LogP contribution in [0.2, 0.25) is 0 Å². The van der Waals surface area contributed by atoms with Gasteiger partial charge in [-0.25, -0.2) is 4.98 Å². The summed E-state index contributed by atoms with van der Waals surface area (Å²) in [5.74, 6) is -0.815. The molecule has 0 radical (unpaired) electrons. The highest BCUT2D eigenvalue weighted by atomic mass is 32.2. The monoisotopic (exact) mass is 355 g/mol. The third kappa shape index (κ3) is 3.03. The largest absolute Gasteiger partial charge is 0.416 e. The summed E-state index contributed by atoms with van der Waals surface area (Å²) in [6.07, 6.45) is -2.74. The summed E-state index contributed by atoms with van der Waals surface area (Å²) >= 11 is 1.22. The van der Waals surface area contributed by atoms with Crippen LogP contribution in [0.5, 0.6) is 0 Å². The minimum absolute atomic E-state index is 0.0261. The van der Waals surface area contributed by atoms with E-state index in [9.17, 15) is 22.8 Å². The minimum atomic E-state index is -4.44. The van der Waals surface area contributed by atoms with Gasteiger partial charge < -0.3 is 10.3 Å². The highest BCUT2D eigenvalue weighted by Crippen LogP contribution is 2.36. The number of H-pyrrole nitrogens is 1. The van der Waals surface area contributed by atoms with Crippen molar-refractivity contribution < 1.29 is 18.0 Å². The van der Waals surface area contributed by atoms with E-state index in [1.807, 2.05) is 0 Å². The average molecular weight is 355 g/mol. The zero-order chi connectivity index (χ0) is 17.5. The molecule has 0 unspecified atom stereocenters. The number of halogens is 3. The molecule has 1 aromatic heterocycles. The topological polar surface area (TPSA) is 74.8 Å². The molecule has 2 N–H and O–H groups in total. The number of hydrogen-bond acceptors (Lipinski definition) is 4. The number of anilines is 1. The van der Waals surface area contributed by atoms with Crippen LogP contribution in [0.1, 0.15) is 29.0 Å². The Morgan fingerprint density at radius 3 is 2.46 bits per heavy atom. The second-order valence-corrected chi connectivity index (χ2v) is 6.06. The van der Waals surface area contributed by atoms with Crippen LogP contribution in [0, 0.1) is 0 Å². The van der Waals surface area contributed by atoms with Crippen molar-refractivity contribution in [2.45, 2.75) is 23.7 Å². The summed E-state index contributed by atoms with van der Waals surface area (Å²) in [5.41, 5.74) is -0.471. The number of aromatic amines is 1. The Bertz CT molecular complexity index is 847. The number of fused-ring (bicyclic) bond motifs is 1. The van der Waals surface area contributed by atoms with E-state index in [0.717, 1.165) is 12.1 Å². The van der Waals surface area contributed by atoms with Gasteiger partial charge in [0, 0.05) is 12.3 Å². The molecule has 3 rings (SSSR count). The van der Waals surface area contributed by atoms with Crippen molar-refractivity contribution in [2.24, 2.45) is 0 Å². The number of alkyl halides is 3. The lowest BCUT2D eigenvalue weighted by atomic mass is 9.86. The lowest BCUT2D eigenvalue weighted by Crippen LogP contribution is -2.31. The van der Waals surface area contributed by atoms with E-state index in [1.165, 1.54) is 23.9 Å². The Morgan fingerprint density at radius 2 is 1.88 bits per heavy atom. The first-order chi connectivity index (χ1) is 11.3. The summed E-state index contributed by atoms with van der Waals surface area (Å²) in [6, 6.07) is 4.47. The van der Waals surface area contributed by atoms with Crippen LogP contribution in [0.4, 0.5) is 19.0 Å². The fourth-order valence-electron chi connectivity index (χ4n) is 2.64. The first kappa shape index (κ1) is 16.6. The summed E-state index contributed by atoms with van der Waals surface area (Å²) in [7, 11) is 0. The van der Waals surface area contributed by atoms with Crippen LogP contribution in [0.15, 0.2) is 34.2 Å². The Labute approximate surface area is 138 Å². The van der Waals surface area contributed by atoms with Gasteiger partial charge in [-0.2, -0.15) is 13.2 Å². The number of thioether (sulfide) groups is 1. The molecule has 9 heteroatoms. The van der Waals surface area contributed by atoms with E-state index >= 15 is 0 Å². The van der Waals surface area contributed by atoms with Gasteiger partial charge in [-0.15, -0.1) is 0 Å². The van der Waals surface area contributed by atoms with Crippen LogP contribution in [-0.4, -0.2) is 22.1 Å². The number of benzene rings is 1. The number of aromatic nitrogens is 2. The molecule has 2 aromatic rings. The maximum Gasteiger partial charge on any atom is 0.416 e. The fourth-order valence-corrected chi connectivity index (χ4v) is 3.01. The Hall–Kier alpha value is -2.29. The standard InChI is InChI=1S/C15H12F3N3O2S/c1-24-14-20-12-11(13(23)21-14)9(6-10(22)19-12)7-2-4-8(5-3-7)15(16,17)18/h2-5,9H,6H2,1H3,(H2,19,20,21,22,23)/t9-/m0/s1. The van der Waals surface area contributed by atoms with E-state index in [-0.39, 0.29) is 23.7 Å². The molecular weight excluding hydrogens is 343 g/mol. The molecule has 0 aliphatic carbocycles. The first-order valence-electron chi connectivity index (χ1n) is 6.95. The van der Waals surface area contributed by atoms with Crippen molar-refractivity contribution in [1.29, 1.82) is 0 Å². The number of nitrogens with one attached hydrogen (secondary N) is 2. The zero-order valence-corrected chi connectivity index (χ0v) is 13.2. The van der Waals surface area contributed by atoms with Crippen LogP contribution in [0.25, 0.3) is 0 Å². The molecule has 2 heterocycles. The second-order valence-electron chi connectivity index (χ2n) is 5.26. The third-order valence-electron chi connectivity index (χ3n) is 3.76. The predicted molar refractivity (Wildman–Crippen MR) is 83.2 cm³/mol. The van der Waals surface area contributed by atoms with Gasteiger partial charge in [-0.1, -0.05) is 23.9 Å². The van der Waals surface area contributed by atoms with Gasteiger partial charge in [0.1, 0.15) is 5.82 Å². The van der Waals surface area contributed by atoms with Crippen molar-refractivity contribution >= 4 is 23.5 Å².